The molecule has 0 unspecified atom stereocenters. The summed E-state index contributed by atoms with van der Waals surface area (Å²) in [7, 11) is 0. The summed E-state index contributed by atoms with van der Waals surface area (Å²) in [5.74, 6) is -0.502. The Morgan fingerprint density at radius 2 is 1.97 bits per heavy atom. The molecular formula is C19H20F2N8O. The number of anilines is 1. The molecule has 0 aliphatic heterocycles. The maximum atomic E-state index is 13.3. The largest absolute Gasteiger partial charge is 0.319 e. The molecule has 11 heteroatoms. The fourth-order valence-corrected chi connectivity index (χ4v) is 3.28. The van der Waals surface area contributed by atoms with Gasteiger partial charge in [-0.05, 0) is 26.8 Å². The fourth-order valence-electron chi connectivity index (χ4n) is 3.28. The Bertz CT molecular complexity index is 1220. The molecule has 9 nitrogen and oxygen atoms in total. The Kier molecular flexibility index (Phi) is 5.02. The van der Waals surface area contributed by atoms with Crippen molar-refractivity contribution in [2.24, 2.45) is 0 Å². The summed E-state index contributed by atoms with van der Waals surface area (Å²) in [6, 6.07) is 1.25. The van der Waals surface area contributed by atoms with E-state index < -0.39 is 12.3 Å². The Morgan fingerprint density at radius 3 is 2.67 bits per heavy atom. The average molecular weight is 414 g/mol. The fraction of sp³-hybridized carbons (Fsp3) is 0.316. The van der Waals surface area contributed by atoms with E-state index in [0.29, 0.717) is 17.9 Å². The molecule has 0 fully saturated rings. The van der Waals surface area contributed by atoms with Crippen molar-refractivity contribution in [2.75, 3.05) is 5.32 Å². The number of nitrogens with zero attached hydrogens (tertiary/aromatic N) is 7. The second kappa shape index (κ2) is 7.65. The predicted molar refractivity (Wildman–Crippen MR) is 105 cm³/mol. The van der Waals surface area contributed by atoms with Gasteiger partial charge in [0.25, 0.3) is 12.3 Å². The van der Waals surface area contributed by atoms with E-state index in [2.05, 4.69) is 25.6 Å². The highest BCUT2D eigenvalue weighted by molar-refractivity contribution is 6.08. The monoisotopic (exact) mass is 414 g/mol. The van der Waals surface area contributed by atoms with Crippen LogP contribution in [-0.2, 0) is 13.1 Å². The number of rotatable bonds is 6. The molecule has 0 aliphatic carbocycles. The molecule has 4 aromatic rings. The highest BCUT2D eigenvalue weighted by Crippen LogP contribution is 2.22. The average Bonchev–Trinajstić information content (AvgIpc) is 3.41. The van der Waals surface area contributed by atoms with Gasteiger partial charge < -0.3 is 5.32 Å². The standard InChI is InChI=1S/C19H20F2N8O/c1-4-28-12(3)13(6-23-28)9-27-10-14(7-22-27)26-19(30)15-8-24-29-16(17(20)21)5-11(2)25-18(15)29/h5-8,10,17H,4,9H2,1-3H3,(H,26,30). The van der Waals surface area contributed by atoms with Gasteiger partial charge in [0.15, 0.2) is 5.65 Å². The lowest BCUT2D eigenvalue weighted by Crippen LogP contribution is -2.12. The van der Waals surface area contributed by atoms with Gasteiger partial charge in [0, 0.05) is 29.7 Å². The number of amides is 1. The molecule has 1 amide bonds. The zero-order valence-corrected chi connectivity index (χ0v) is 16.7. The molecule has 0 aromatic carbocycles. The zero-order valence-electron chi connectivity index (χ0n) is 16.7. The van der Waals surface area contributed by atoms with E-state index in [0.717, 1.165) is 22.3 Å². The first kappa shape index (κ1) is 19.7. The number of halogens is 2. The Hall–Kier alpha value is -3.63. The van der Waals surface area contributed by atoms with Crippen LogP contribution >= 0.6 is 0 Å². The lowest BCUT2D eigenvalue weighted by molar-refractivity contribution is 0.102. The number of fused-ring (bicyclic) bond motifs is 1. The Morgan fingerprint density at radius 1 is 1.17 bits per heavy atom. The molecule has 30 heavy (non-hydrogen) atoms. The van der Waals surface area contributed by atoms with Crippen molar-refractivity contribution in [1.82, 2.24) is 34.2 Å². The molecule has 4 heterocycles. The van der Waals surface area contributed by atoms with Gasteiger partial charge in [-0.1, -0.05) is 0 Å². The van der Waals surface area contributed by atoms with Crippen LogP contribution < -0.4 is 5.32 Å². The summed E-state index contributed by atoms with van der Waals surface area (Å²) in [4.78, 5) is 16.9. The van der Waals surface area contributed by atoms with Crippen LogP contribution in [0.25, 0.3) is 5.65 Å². The van der Waals surface area contributed by atoms with Gasteiger partial charge in [-0.3, -0.25) is 14.2 Å². The SMILES string of the molecule is CCn1ncc(Cn2cc(NC(=O)c3cnn4c(C(F)F)cc(C)nc34)cn2)c1C. The van der Waals surface area contributed by atoms with Crippen molar-refractivity contribution in [3.63, 3.8) is 0 Å². The Balaban J connectivity index is 1.54. The van der Waals surface area contributed by atoms with Gasteiger partial charge >= 0.3 is 0 Å². The molecule has 4 rings (SSSR count). The first-order valence-electron chi connectivity index (χ1n) is 9.36. The quantitative estimate of drug-likeness (QED) is 0.523. The smallest absolute Gasteiger partial charge is 0.280 e. The molecule has 0 saturated carbocycles. The van der Waals surface area contributed by atoms with E-state index in [1.807, 2.05) is 18.5 Å². The minimum atomic E-state index is -2.73. The van der Waals surface area contributed by atoms with Crippen LogP contribution in [0.15, 0.2) is 30.9 Å². The summed E-state index contributed by atoms with van der Waals surface area (Å²) in [5, 5.41) is 15.2. The number of aromatic nitrogens is 7. The highest BCUT2D eigenvalue weighted by Gasteiger charge is 2.20. The van der Waals surface area contributed by atoms with Crippen LogP contribution in [-0.4, -0.2) is 40.1 Å². The normalized spacial score (nSPS) is 11.5. The van der Waals surface area contributed by atoms with E-state index in [1.54, 1.807) is 24.0 Å². The number of hydrogen-bond donors (Lipinski definition) is 1. The number of carbonyl (C=O) groups is 1. The summed E-state index contributed by atoms with van der Waals surface area (Å²) in [5.41, 5.74) is 2.81. The molecule has 156 valence electrons. The van der Waals surface area contributed by atoms with Gasteiger partial charge in [-0.15, -0.1) is 0 Å². The van der Waals surface area contributed by atoms with Crippen molar-refractivity contribution in [3.8, 4) is 0 Å². The number of alkyl halides is 2. The summed E-state index contributed by atoms with van der Waals surface area (Å²) in [6.07, 6.45) is 3.51. The van der Waals surface area contributed by atoms with Crippen LogP contribution in [0.4, 0.5) is 14.5 Å². The first-order valence-corrected chi connectivity index (χ1v) is 9.36. The van der Waals surface area contributed by atoms with Crippen LogP contribution in [0.1, 0.15) is 46.4 Å². The molecule has 0 spiro atoms. The minimum absolute atomic E-state index is 0.0813. The van der Waals surface area contributed by atoms with E-state index in [-0.39, 0.29) is 16.9 Å². The van der Waals surface area contributed by atoms with E-state index in [9.17, 15) is 13.6 Å². The second-order valence-electron chi connectivity index (χ2n) is 6.87. The van der Waals surface area contributed by atoms with Gasteiger partial charge in [-0.2, -0.15) is 15.3 Å². The van der Waals surface area contributed by atoms with Crippen molar-refractivity contribution >= 4 is 17.2 Å². The molecule has 1 N–H and O–H groups in total. The van der Waals surface area contributed by atoms with E-state index in [4.69, 9.17) is 0 Å². The Labute approximate surface area is 170 Å². The third-order valence-electron chi connectivity index (χ3n) is 4.82. The van der Waals surface area contributed by atoms with E-state index in [1.165, 1.54) is 18.5 Å². The van der Waals surface area contributed by atoms with Gasteiger partial charge in [-0.25, -0.2) is 18.3 Å². The molecule has 0 bridgehead atoms. The number of hydrogen-bond acceptors (Lipinski definition) is 5. The number of carbonyl (C=O) groups excluding carboxylic acids is 1. The molecule has 0 saturated heterocycles. The molecule has 0 atom stereocenters. The maximum absolute atomic E-state index is 13.3. The first-order chi connectivity index (χ1) is 14.4. The van der Waals surface area contributed by atoms with Crippen molar-refractivity contribution in [2.45, 2.75) is 40.3 Å². The predicted octanol–water partition coefficient (Wildman–Crippen LogP) is 3.00. The van der Waals surface area contributed by atoms with E-state index >= 15 is 0 Å². The highest BCUT2D eigenvalue weighted by atomic mass is 19.3. The number of nitrogens with one attached hydrogen (secondary N) is 1. The van der Waals surface area contributed by atoms with Gasteiger partial charge in [0.05, 0.1) is 30.8 Å². The third-order valence-corrected chi connectivity index (χ3v) is 4.82. The van der Waals surface area contributed by atoms with Crippen molar-refractivity contribution in [1.29, 1.82) is 0 Å². The van der Waals surface area contributed by atoms with Crippen molar-refractivity contribution < 1.29 is 13.6 Å². The lowest BCUT2D eigenvalue weighted by Gasteiger charge is -2.06. The molecular weight excluding hydrogens is 394 g/mol. The summed E-state index contributed by atoms with van der Waals surface area (Å²) < 4.78 is 31.1. The third kappa shape index (κ3) is 3.53. The summed E-state index contributed by atoms with van der Waals surface area (Å²) in [6.45, 7) is 6.90. The molecule has 4 aromatic heterocycles. The van der Waals surface area contributed by atoms with Crippen LogP contribution in [0.2, 0.25) is 0 Å². The van der Waals surface area contributed by atoms with Crippen LogP contribution in [0.3, 0.4) is 0 Å². The van der Waals surface area contributed by atoms with Crippen LogP contribution in [0, 0.1) is 13.8 Å². The minimum Gasteiger partial charge on any atom is -0.319 e. The topological polar surface area (TPSA) is 94.9 Å². The summed E-state index contributed by atoms with van der Waals surface area (Å²) >= 11 is 0. The molecule has 0 radical (unpaired) electrons. The zero-order chi connectivity index (χ0) is 21.4. The lowest BCUT2D eigenvalue weighted by atomic mass is 10.2. The van der Waals surface area contributed by atoms with Crippen molar-refractivity contribution in [3.05, 3.63) is 59.1 Å². The second-order valence-corrected chi connectivity index (χ2v) is 6.87. The van der Waals surface area contributed by atoms with Crippen LogP contribution in [0.5, 0.6) is 0 Å². The maximum Gasteiger partial charge on any atom is 0.280 e. The molecule has 0 aliphatic rings. The number of aryl methyl sites for hydroxylation is 2. The van der Waals surface area contributed by atoms with Gasteiger partial charge in [0.1, 0.15) is 11.3 Å². The van der Waals surface area contributed by atoms with Gasteiger partial charge in [0.2, 0.25) is 0 Å².